The molecule has 0 saturated carbocycles. The molecule has 0 spiro atoms. The second kappa shape index (κ2) is 25.1. The van der Waals surface area contributed by atoms with E-state index in [9.17, 15) is 43.2 Å². The number of nitrogens with zero attached hydrogens (tertiary/aromatic N) is 2. The van der Waals surface area contributed by atoms with Crippen LogP contribution < -0.4 is 48.7 Å². The average Bonchev–Trinajstić information content (AvgIpc) is 4.06. The zero-order valence-corrected chi connectivity index (χ0v) is 39.7. The smallest absolute Gasteiger partial charge is 0.246 e. The van der Waals surface area contributed by atoms with Crippen molar-refractivity contribution >= 4 is 59.1 Å². The van der Waals surface area contributed by atoms with Gasteiger partial charge in [-0.15, -0.1) is 0 Å². The van der Waals surface area contributed by atoms with Crippen molar-refractivity contribution in [1.82, 2.24) is 47.0 Å². The van der Waals surface area contributed by atoms with Gasteiger partial charge in [-0.3, -0.25) is 48.6 Å². The molecule has 3 aromatic carbocycles. The number of rotatable bonds is 12. The molecule has 3 saturated heterocycles. The molecule has 21 nitrogen and oxygen atoms in total. The fraction of sp³-hybridized carbons (Fsp3) is 0.440. The van der Waals surface area contributed by atoms with E-state index in [1.165, 1.54) is 16.7 Å². The van der Waals surface area contributed by atoms with E-state index in [-0.39, 0.29) is 70.5 Å². The molecule has 3 heterocycles. The van der Waals surface area contributed by atoms with Gasteiger partial charge < -0.3 is 58.5 Å². The van der Waals surface area contributed by atoms with E-state index in [4.69, 9.17) is 16.9 Å². The molecular formula is C50H64N12O9. The second-order valence-electron chi connectivity index (χ2n) is 18.1. The summed E-state index contributed by atoms with van der Waals surface area (Å²) >= 11 is 0. The molecule has 0 radical (unpaired) electrons. The third kappa shape index (κ3) is 14.8. The highest BCUT2D eigenvalue weighted by molar-refractivity contribution is 6.00. The van der Waals surface area contributed by atoms with Gasteiger partial charge in [0.05, 0.1) is 6.42 Å². The van der Waals surface area contributed by atoms with Crippen molar-refractivity contribution in [3.05, 3.63) is 108 Å². The molecule has 0 aromatic heterocycles. The molecule has 3 aromatic rings. The molecule has 0 unspecified atom stereocenters. The molecule has 21 heteroatoms. The normalized spacial score (nSPS) is 25.3. The molecule has 71 heavy (non-hydrogen) atoms. The lowest BCUT2D eigenvalue weighted by Gasteiger charge is -2.34. The van der Waals surface area contributed by atoms with E-state index in [2.05, 4.69) is 37.2 Å². The van der Waals surface area contributed by atoms with Crippen molar-refractivity contribution in [2.45, 2.75) is 119 Å². The number of hydrogen-bond donors (Lipinski definition) is 10. The SMILES string of the molecule is C[C@@H]1NC(=O)[C@H](CC(N)=O)NC(=O)[C@H](Cc2ccccc2)NC(=O)[C@@H](Cc2ccccc2)NC(=O)[C@H](CCCNC(=N)N)NC(=O)[C@@H]2CCCN2C(=O)[C@H]2CCCN2C(=O)[C@H](Cc2ccccc2)NC1=O. The van der Waals surface area contributed by atoms with E-state index in [0.29, 0.717) is 29.5 Å². The maximum atomic E-state index is 14.6. The third-order valence-corrected chi connectivity index (χ3v) is 12.8. The van der Waals surface area contributed by atoms with Crippen LogP contribution in [0, 0.1) is 5.41 Å². The van der Waals surface area contributed by atoms with Crippen LogP contribution in [0.3, 0.4) is 0 Å². The van der Waals surface area contributed by atoms with Crippen molar-refractivity contribution in [2.75, 3.05) is 19.6 Å². The molecule has 0 aliphatic carbocycles. The third-order valence-electron chi connectivity index (χ3n) is 12.8. The molecule has 3 aliphatic heterocycles. The molecule has 8 atom stereocenters. The van der Waals surface area contributed by atoms with Gasteiger partial charge in [0.25, 0.3) is 0 Å². The second-order valence-corrected chi connectivity index (χ2v) is 18.1. The standard InChI is InChI=1S/C50H64N12O9/c1-30-42(64)60-38(28-33-18-9-4-10-19-33)48(70)62-25-13-22-40(62)49(71)61-24-12-21-39(61)47(69)56-34(20-11-23-54-50(52)53)43(65)57-35(26-31-14-5-2-6-15-31)45(67)58-36(27-32-16-7-3-8-17-32)46(68)59-37(29-41(51)63)44(66)55-30/h2-10,14-19,30,34-40H,11-13,20-29H2,1H3,(H2,51,63)(H,55,66)(H,56,69)(H,57,65)(H,58,67)(H,59,68)(H,60,64)(H4,52,53,54)/t30-,34-,35+,36-,37-,38-,39-,40+/m0/s1. The van der Waals surface area contributed by atoms with E-state index >= 15 is 0 Å². The number of guanidine groups is 1. The molecule has 9 amide bonds. The van der Waals surface area contributed by atoms with Crippen LogP contribution in [0.1, 0.15) is 68.6 Å². The predicted octanol–water partition coefficient (Wildman–Crippen LogP) is -1.22. The van der Waals surface area contributed by atoms with Crippen LogP contribution in [0.4, 0.5) is 0 Å². The lowest BCUT2D eigenvalue weighted by atomic mass is 10.0. The summed E-state index contributed by atoms with van der Waals surface area (Å²) in [6.45, 7) is 1.90. The number of nitrogens with two attached hydrogens (primary N) is 2. The van der Waals surface area contributed by atoms with Crippen LogP contribution in [0.5, 0.6) is 0 Å². The fourth-order valence-corrected chi connectivity index (χ4v) is 9.12. The Morgan fingerprint density at radius 1 is 0.549 bits per heavy atom. The summed E-state index contributed by atoms with van der Waals surface area (Å²) in [5.41, 5.74) is 13.0. The first kappa shape index (κ1) is 52.5. The minimum absolute atomic E-state index is 0.0125. The minimum Gasteiger partial charge on any atom is -0.370 e. The number of benzene rings is 3. The Morgan fingerprint density at radius 3 is 1.48 bits per heavy atom. The highest BCUT2D eigenvalue weighted by Crippen LogP contribution is 2.26. The minimum atomic E-state index is -1.63. The van der Waals surface area contributed by atoms with Crippen molar-refractivity contribution < 1.29 is 43.2 Å². The van der Waals surface area contributed by atoms with Gasteiger partial charge in [-0.2, -0.15) is 0 Å². The molecule has 12 N–H and O–H groups in total. The molecule has 6 rings (SSSR count). The fourth-order valence-electron chi connectivity index (χ4n) is 9.12. The summed E-state index contributed by atoms with van der Waals surface area (Å²) in [5, 5.41) is 26.4. The summed E-state index contributed by atoms with van der Waals surface area (Å²) < 4.78 is 0. The van der Waals surface area contributed by atoms with Gasteiger partial charge >= 0.3 is 0 Å². The van der Waals surface area contributed by atoms with Gasteiger partial charge in [0.15, 0.2) is 5.96 Å². The summed E-state index contributed by atoms with van der Waals surface area (Å²) in [7, 11) is 0. The Kier molecular flexibility index (Phi) is 18.6. The lowest BCUT2D eigenvalue weighted by molar-refractivity contribution is -0.148. The first-order valence-electron chi connectivity index (χ1n) is 24.0. The number of carbonyl (C=O) groups excluding carboxylic acids is 9. The van der Waals surface area contributed by atoms with E-state index in [0.717, 1.165) is 0 Å². The van der Waals surface area contributed by atoms with Gasteiger partial charge in [-0.25, -0.2) is 0 Å². The number of carbonyl (C=O) groups is 9. The van der Waals surface area contributed by atoms with Crippen LogP contribution in [0.25, 0.3) is 0 Å². The number of hydrogen-bond acceptors (Lipinski definition) is 10. The number of amides is 9. The largest absolute Gasteiger partial charge is 0.370 e. The monoisotopic (exact) mass is 976 g/mol. The zero-order valence-electron chi connectivity index (χ0n) is 39.7. The molecule has 378 valence electrons. The maximum absolute atomic E-state index is 14.6. The predicted molar refractivity (Wildman–Crippen MR) is 260 cm³/mol. The van der Waals surface area contributed by atoms with Crippen LogP contribution in [-0.4, -0.2) is 137 Å². The Labute approximate surface area is 411 Å². The number of primary amides is 1. The van der Waals surface area contributed by atoms with E-state index in [1.54, 1.807) is 91.0 Å². The van der Waals surface area contributed by atoms with Crippen LogP contribution in [0.15, 0.2) is 91.0 Å². The highest BCUT2D eigenvalue weighted by Gasteiger charge is 2.44. The van der Waals surface area contributed by atoms with Gasteiger partial charge in [0, 0.05) is 38.9 Å². The van der Waals surface area contributed by atoms with E-state index in [1.807, 2.05) is 0 Å². The van der Waals surface area contributed by atoms with Crippen molar-refractivity contribution in [3.63, 3.8) is 0 Å². The zero-order chi connectivity index (χ0) is 51.0. The number of nitrogens with one attached hydrogen (secondary N) is 8. The van der Waals surface area contributed by atoms with Crippen LogP contribution in [-0.2, 0) is 62.4 Å². The number of fused-ring (bicyclic) bond motifs is 2. The average molecular weight is 977 g/mol. The maximum Gasteiger partial charge on any atom is 0.246 e. The van der Waals surface area contributed by atoms with Gasteiger partial charge in [-0.05, 0) is 62.1 Å². The Bertz CT molecular complexity index is 2410. The quantitative estimate of drug-likeness (QED) is 0.0583. The Hall–Kier alpha value is -7.84. The van der Waals surface area contributed by atoms with Crippen molar-refractivity contribution in [1.29, 1.82) is 5.41 Å². The summed E-state index contributed by atoms with van der Waals surface area (Å²) in [4.78, 5) is 130. The Morgan fingerprint density at radius 2 is 0.972 bits per heavy atom. The molecule has 0 bridgehead atoms. The summed E-state index contributed by atoms with van der Waals surface area (Å²) in [6.07, 6.45) is 0.854. The first-order valence-corrected chi connectivity index (χ1v) is 24.0. The van der Waals surface area contributed by atoms with Crippen LogP contribution >= 0.6 is 0 Å². The summed E-state index contributed by atoms with van der Waals surface area (Å²) in [5.74, 6) is -7.10. The van der Waals surface area contributed by atoms with Crippen LogP contribution in [0.2, 0.25) is 0 Å². The van der Waals surface area contributed by atoms with Crippen molar-refractivity contribution in [3.8, 4) is 0 Å². The highest BCUT2D eigenvalue weighted by atomic mass is 16.2. The van der Waals surface area contributed by atoms with Gasteiger partial charge in [0.1, 0.15) is 48.3 Å². The van der Waals surface area contributed by atoms with Gasteiger partial charge in [-0.1, -0.05) is 91.0 Å². The van der Waals surface area contributed by atoms with Crippen molar-refractivity contribution in [2.24, 2.45) is 11.5 Å². The van der Waals surface area contributed by atoms with Gasteiger partial charge in [0.2, 0.25) is 53.2 Å². The molecule has 3 fully saturated rings. The first-order chi connectivity index (χ1) is 34.1. The lowest BCUT2D eigenvalue weighted by Crippen LogP contribution is -2.61. The molecular weight excluding hydrogens is 913 g/mol. The molecule has 3 aliphatic rings. The Balaban J connectivity index is 1.39. The summed E-state index contributed by atoms with van der Waals surface area (Å²) in [6, 6.07) is 16.1. The van der Waals surface area contributed by atoms with E-state index < -0.39 is 108 Å². The topological polar surface area (TPSA) is 320 Å².